The van der Waals surface area contributed by atoms with Gasteiger partial charge >= 0.3 is 0 Å². The third-order valence-corrected chi connectivity index (χ3v) is 2.08. The first-order chi connectivity index (χ1) is 5.49. The van der Waals surface area contributed by atoms with E-state index in [-0.39, 0.29) is 5.60 Å². The largest absolute Gasteiger partial charge is 0.390 e. The molecule has 1 rings (SSSR count). The lowest BCUT2D eigenvalue weighted by molar-refractivity contribution is 0.0000530. The summed E-state index contributed by atoms with van der Waals surface area (Å²) in [6, 6.07) is 0. The van der Waals surface area contributed by atoms with Crippen molar-refractivity contribution in [3.05, 3.63) is 0 Å². The first kappa shape index (κ1) is 9.56. The molecule has 0 aromatic heterocycles. The summed E-state index contributed by atoms with van der Waals surface area (Å²) in [5.74, 6) is 0.632. The van der Waals surface area contributed by atoms with Crippen molar-refractivity contribution in [3.8, 4) is 0 Å². The summed E-state index contributed by atoms with van der Waals surface area (Å²) < 4.78 is 0. The maximum absolute atomic E-state index is 5.37. The number of hydrogen-bond donors (Lipinski definition) is 0. The molecule has 0 aromatic rings. The van der Waals surface area contributed by atoms with E-state index in [4.69, 9.17) is 4.84 Å². The van der Waals surface area contributed by atoms with E-state index in [1.165, 1.54) is 18.6 Å². The van der Waals surface area contributed by atoms with Crippen LogP contribution in [0.3, 0.4) is 0 Å². The van der Waals surface area contributed by atoms with Crippen LogP contribution in [0.2, 0.25) is 0 Å². The average Bonchev–Trinajstić information content (AvgIpc) is 2.29. The fraction of sp³-hybridized carbons (Fsp3) is 0.900. The second-order valence-corrected chi connectivity index (χ2v) is 4.58. The van der Waals surface area contributed by atoms with E-state index in [1.54, 1.807) is 0 Å². The molecule has 0 radical (unpaired) electrons. The smallest absolute Gasteiger partial charge is 0.129 e. The molecule has 1 aliphatic carbocycles. The van der Waals surface area contributed by atoms with E-state index in [0.717, 1.165) is 6.42 Å². The fourth-order valence-electron chi connectivity index (χ4n) is 1.33. The molecule has 0 aliphatic heterocycles. The van der Waals surface area contributed by atoms with Crippen LogP contribution in [0.1, 0.15) is 47.0 Å². The molecule has 1 atom stereocenters. The maximum Gasteiger partial charge on any atom is 0.129 e. The second-order valence-electron chi connectivity index (χ2n) is 4.58. The Labute approximate surface area is 75.0 Å². The second kappa shape index (κ2) is 3.46. The van der Waals surface area contributed by atoms with E-state index >= 15 is 0 Å². The maximum atomic E-state index is 5.37. The van der Waals surface area contributed by atoms with Gasteiger partial charge in [-0.25, -0.2) is 0 Å². The van der Waals surface area contributed by atoms with Gasteiger partial charge in [-0.05, 0) is 46.0 Å². The first-order valence-electron chi connectivity index (χ1n) is 4.74. The zero-order chi connectivity index (χ0) is 9.19. The molecule has 0 heterocycles. The van der Waals surface area contributed by atoms with Gasteiger partial charge in [-0.3, -0.25) is 0 Å². The van der Waals surface area contributed by atoms with Gasteiger partial charge in [0.25, 0.3) is 0 Å². The highest BCUT2D eigenvalue weighted by Crippen LogP contribution is 2.22. The van der Waals surface area contributed by atoms with Crippen molar-refractivity contribution >= 4 is 5.71 Å². The van der Waals surface area contributed by atoms with Gasteiger partial charge in [-0.2, -0.15) is 0 Å². The predicted molar refractivity (Wildman–Crippen MR) is 51.3 cm³/mol. The minimum atomic E-state index is -0.144. The molecule has 1 fully saturated rings. The Morgan fingerprint density at radius 3 is 2.50 bits per heavy atom. The molecule has 0 bridgehead atoms. The van der Waals surface area contributed by atoms with E-state index < -0.39 is 0 Å². The van der Waals surface area contributed by atoms with Crippen LogP contribution in [0.15, 0.2) is 5.16 Å². The Morgan fingerprint density at radius 2 is 2.08 bits per heavy atom. The third-order valence-electron chi connectivity index (χ3n) is 2.08. The molecule has 12 heavy (non-hydrogen) atoms. The van der Waals surface area contributed by atoms with Crippen molar-refractivity contribution in [2.24, 2.45) is 11.1 Å². The summed E-state index contributed by atoms with van der Waals surface area (Å²) in [7, 11) is 0. The molecule has 70 valence electrons. The number of nitrogens with zero attached hydrogens (tertiary/aromatic N) is 1. The van der Waals surface area contributed by atoms with E-state index in [2.05, 4.69) is 12.1 Å². The lowest BCUT2D eigenvalue weighted by Gasteiger charge is -2.16. The molecular weight excluding hydrogens is 150 g/mol. The first-order valence-corrected chi connectivity index (χ1v) is 4.74. The third kappa shape index (κ3) is 2.84. The zero-order valence-electron chi connectivity index (χ0n) is 8.55. The molecule has 2 heteroatoms. The summed E-state index contributed by atoms with van der Waals surface area (Å²) in [5.41, 5.74) is 1.10. The van der Waals surface area contributed by atoms with Gasteiger partial charge in [0.1, 0.15) is 5.60 Å². The summed E-state index contributed by atoms with van der Waals surface area (Å²) >= 11 is 0. The van der Waals surface area contributed by atoms with Crippen LogP contribution in [0.4, 0.5) is 0 Å². The van der Waals surface area contributed by atoms with E-state index in [0.29, 0.717) is 5.92 Å². The molecule has 2 nitrogen and oxygen atoms in total. The zero-order valence-corrected chi connectivity index (χ0v) is 8.55. The molecule has 0 spiro atoms. The van der Waals surface area contributed by atoms with Crippen LogP contribution < -0.4 is 0 Å². The Morgan fingerprint density at radius 1 is 1.42 bits per heavy atom. The summed E-state index contributed by atoms with van der Waals surface area (Å²) in [6.07, 6.45) is 3.66. The molecule has 0 aromatic carbocycles. The van der Waals surface area contributed by atoms with Gasteiger partial charge < -0.3 is 4.84 Å². The molecule has 0 amide bonds. The standard InChI is InChI=1S/C10H19NO/c1-8-6-5-7-9(8)11-12-10(2,3)4/h8H,5-7H2,1-4H3/b11-9-. The van der Waals surface area contributed by atoms with Crippen LogP contribution in [0.25, 0.3) is 0 Å². The predicted octanol–water partition coefficient (Wildman–Crippen LogP) is 2.98. The number of hydrogen-bond acceptors (Lipinski definition) is 2. The van der Waals surface area contributed by atoms with Crippen LogP contribution >= 0.6 is 0 Å². The van der Waals surface area contributed by atoms with Gasteiger partial charge in [0.05, 0.1) is 5.71 Å². The molecule has 1 unspecified atom stereocenters. The molecule has 1 saturated carbocycles. The molecule has 0 N–H and O–H groups in total. The summed E-state index contributed by atoms with van der Waals surface area (Å²) in [6.45, 7) is 8.29. The van der Waals surface area contributed by atoms with Crippen LogP contribution in [-0.2, 0) is 4.84 Å². The highest BCUT2D eigenvalue weighted by molar-refractivity contribution is 5.87. The minimum absolute atomic E-state index is 0.144. The van der Waals surface area contributed by atoms with Gasteiger partial charge in [-0.15, -0.1) is 0 Å². The molecule has 0 saturated heterocycles. The van der Waals surface area contributed by atoms with Crippen molar-refractivity contribution in [1.82, 2.24) is 0 Å². The molecular formula is C10H19NO. The lowest BCUT2D eigenvalue weighted by Crippen LogP contribution is -2.17. The average molecular weight is 169 g/mol. The van der Waals surface area contributed by atoms with Crippen molar-refractivity contribution in [2.75, 3.05) is 0 Å². The highest BCUT2D eigenvalue weighted by atomic mass is 16.6. The van der Waals surface area contributed by atoms with Crippen molar-refractivity contribution in [1.29, 1.82) is 0 Å². The summed E-state index contributed by atoms with van der Waals surface area (Å²) in [5, 5.41) is 4.19. The summed E-state index contributed by atoms with van der Waals surface area (Å²) in [4.78, 5) is 5.37. The van der Waals surface area contributed by atoms with E-state index in [1.807, 2.05) is 20.8 Å². The normalized spacial score (nSPS) is 28.0. The Balaban J connectivity index is 2.46. The Hall–Kier alpha value is -0.530. The van der Waals surface area contributed by atoms with Crippen LogP contribution in [-0.4, -0.2) is 11.3 Å². The van der Waals surface area contributed by atoms with Gasteiger partial charge in [0.15, 0.2) is 0 Å². The van der Waals surface area contributed by atoms with Crippen molar-refractivity contribution in [2.45, 2.75) is 52.6 Å². The van der Waals surface area contributed by atoms with Crippen LogP contribution in [0.5, 0.6) is 0 Å². The van der Waals surface area contributed by atoms with Gasteiger partial charge in [0, 0.05) is 0 Å². The minimum Gasteiger partial charge on any atom is -0.390 e. The van der Waals surface area contributed by atoms with Gasteiger partial charge in [0.2, 0.25) is 0 Å². The Bertz CT molecular complexity index is 179. The highest BCUT2D eigenvalue weighted by Gasteiger charge is 2.19. The molecule has 1 aliphatic rings. The van der Waals surface area contributed by atoms with Crippen molar-refractivity contribution in [3.63, 3.8) is 0 Å². The topological polar surface area (TPSA) is 21.6 Å². The van der Waals surface area contributed by atoms with Crippen molar-refractivity contribution < 1.29 is 4.84 Å². The monoisotopic (exact) mass is 169 g/mol. The van der Waals surface area contributed by atoms with Gasteiger partial charge in [-0.1, -0.05) is 12.1 Å². The number of rotatable bonds is 1. The quantitative estimate of drug-likeness (QED) is 0.553. The Kier molecular flexibility index (Phi) is 2.76. The lowest BCUT2D eigenvalue weighted by atomic mass is 10.1. The van der Waals surface area contributed by atoms with Crippen LogP contribution in [0, 0.1) is 5.92 Å². The number of oxime groups is 1. The fourth-order valence-corrected chi connectivity index (χ4v) is 1.33. The SMILES string of the molecule is CC1CCC/C1=N/OC(C)(C)C. The van der Waals surface area contributed by atoms with E-state index in [9.17, 15) is 0 Å².